The largest absolute Gasteiger partial charge is 0.378 e. The van der Waals surface area contributed by atoms with Crippen molar-refractivity contribution >= 4 is 12.0 Å². The van der Waals surface area contributed by atoms with Crippen molar-refractivity contribution in [2.45, 2.75) is 0 Å². The average Bonchev–Trinajstić information content (AvgIpc) is 2.46. The second-order valence-electron chi connectivity index (χ2n) is 3.97. The van der Waals surface area contributed by atoms with E-state index in [-0.39, 0.29) is 5.91 Å². The van der Waals surface area contributed by atoms with Gasteiger partial charge in [-0.1, -0.05) is 18.2 Å². The normalized spacial score (nSPS) is 15.6. The van der Waals surface area contributed by atoms with E-state index in [2.05, 4.69) is 6.07 Å². The Balaban J connectivity index is 2.06. The third kappa shape index (κ3) is 2.96. The zero-order valence-electron chi connectivity index (χ0n) is 10.0. The van der Waals surface area contributed by atoms with E-state index >= 15 is 0 Å². The fraction of sp³-hybridized carbons (Fsp3) is 0.286. The number of nitriles is 1. The van der Waals surface area contributed by atoms with E-state index in [0.717, 1.165) is 5.56 Å². The second-order valence-corrected chi connectivity index (χ2v) is 3.97. The van der Waals surface area contributed by atoms with Gasteiger partial charge in [0.15, 0.2) is 0 Å². The summed E-state index contributed by atoms with van der Waals surface area (Å²) in [5.41, 5.74) is 1.34. The highest BCUT2D eigenvalue weighted by molar-refractivity contribution is 5.92. The zero-order valence-corrected chi connectivity index (χ0v) is 10.0. The lowest BCUT2D eigenvalue weighted by molar-refractivity contribution is -0.129. The predicted octanol–water partition coefficient (Wildman–Crippen LogP) is 1.43. The van der Waals surface area contributed by atoms with E-state index in [1.807, 2.05) is 12.1 Å². The van der Waals surface area contributed by atoms with Crippen molar-refractivity contribution in [3.8, 4) is 6.07 Å². The maximum atomic E-state index is 11.9. The molecule has 0 saturated carbocycles. The summed E-state index contributed by atoms with van der Waals surface area (Å²) in [6.07, 6.45) is 3.21. The first-order valence-electron chi connectivity index (χ1n) is 5.85. The Bertz CT molecular complexity index is 497. The molecule has 4 heteroatoms. The van der Waals surface area contributed by atoms with Gasteiger partial charge >= 0.3 is 0 Å². The highest BCUT2D eigenvalue weighted by Crippen LogP contribution is 2.09. The Morgan fingerprint density at radius 2 is 2.06 bits per heavy atom. The number of rotatable bonds is 2. The van der Waals surface area contributed by atoms with E-state index in [1.54, 1.807) is 23.1 Å². The van der Waals surface area contributed by atoms with Crippen LogP contribution >= 0.6 is 0 Å². The van der Waals surface area contributed by atoms with Gasteiger partial charge in [0.2, 0.25) is 5.91 Å². The standard InChI is InChI=1S/C14H14N2O2/c15-11-13-4-2-1-3-12(13)5-6-14(17)16-7-9-18-10-8-16/h1-6H,7-10H2/b6-5+. The number of hydrogen-bond donors (Lipinski definition) is 0. The number of morpholine rings is 1. The molecule has 1 amide bonds. The molecule has 1 fully saturated rings. The van der Waals surface area contributed by atoms with Gasteiger partial charge in [0.25, 0.3) is 0 Å². The monoisotopic (exact) mass is 242 g/mol. The summed E-state index contributed by atoms with van der Waals surface area (Å²) in [6.45, 7) is 2.44. The molecule has 0 aliphatic carbocycles. The molecule has 2 rings (SSSR count). The quantitative estimate of drug-likeness (QED) is 0.737. The van der Waals surface area contributed by atoms with Gasteiger partial charge in [-0.2, -0.15) is 5.26 Å². The summed E-state index contributed by atoms with van der Waals surface area (Å²) in [5, 5.41) is 8.94. The Morgan fingerprint density at radius 1 is 1.33 bits per heavy atom. The van der Waals surface area contributed by atoms with Crippen LogP contribution in [0.5, 0.6) is 0 Å². The van der Waals surface area contributed by atoms with Crippen LogP contribution in [0.2, 0.25) is 0 Å². The summed E-state index contributed by atoms with van der Waals surface area (Å²) in [4.78, 5) is 13.6. The molecule has 4 nitrogen and oxygen atoms in total. The molecule has 0 N–H and O–H groups in total. The molecule has 1 saturated heterocycles. The molecule has 18 heavy (non-hydrogen) atoms. The molecule has 0 spiro atoms. The predicted molar refractivity (Wildman–Crippen MR) is 67.6 cm³/mol. The van der Waals surface area contributed by atoms with Crippen LogP contribution in [0.4, 0.5) is 0 Å². The van der Waals surface area contributed by atoms with E-state index in [1.165, 1.54) is 6.08 Å². The van der Waals surface area contributed by atoms with Gasteiger partial charge in [-0.3, -0.25) is 4.79 Å². The number of ether oxygens (including phenoxy) is 1. The van der Waals surface area contributed by atoms with Crippen LogP contribution in [0.3, 0.4) is 0 Å². The van der Waals surface area contributed by atoms with Crippen molar-refractivity contribution in [2.24, 2.45) is 0 Å². The lowest BCUT2D eigenvalue weighted by atomic mass is 10.1. The van der Waals surface area contributed by atoms with Crippen LogP contribution in [-0.4, -0.2) is 37.1 Å². The Morgan fingerprint density at radius 3 is 2.78 bits per heavy atom. The minimum Gasteiger partial charge on any atom is -0.378 e. The Labute approximate surface area is 106 Å². The van der Waals surface area contributed by atoms with Crippen LogP contribution in [-0.2, 0) is 9.53 Å². The number of amides is 1. The molecule has 0 unspecified atom stereocenters. The molecule has 92 valence electrons. The summed E-state index contributed by atoms with van der Waals surface area (Å²) in [7, 11) is 0. The zero-order chi connectivity index (χ0) is 12.8. The van der Waals surface area contributed by atoms with Crippen molar-refractivity contribution in [2.75, 3.05) is 26.3 Å². The number of carbonyl (C=O) groups excluding carboxylic acids is 1. The van der Waals surface area contributed by atoms with Crippen molar-refractivity contribution in [3.05, 3.63) is 41.5 Å². The highest BCUT2D eigenvalue weighted by atomic mass is 16.5. The summed E-state index contributed by atoms with van der Waals surface area (Å²) >= 11 is 0. The van der Waals surface area contributed by atoms with E-state index in [4.69, 9.17) is 10.00 Å². The fourth-order valence-corrected chi connectivity index (χ4v) is 1.79. The smallest absolute Gasteiger partial charge is 0.246 e. The van der Waals surface area contributed by atoms with Crippen molar-refractivity contribution in [1.29, 1.82) is 5.26 Å². The van der Waals surface area contributed by atoms with Gasteiger partial charge in [-0.05, 0) is 17.7 Å². The highest BCUT2D eigenvalue weighted by Gasteiger charge is 2.13. The van der Waals surface area contributed by atoms with Gasteiger partial charge in [0.05, 0.1) is 24.8 Å². The molecule has 1 aromatic carbocycles. The molecule has 1 aromatic rings. The average molecular weight is 242 g/mol. The minimum absolute atomic E-state index is 0.0361. The number of carbonyl (C=O) groups is 1. The SMILES string of the molecule is N#Cc1ccccc1/C=C/C(=O)N1CCOCC1. The fourth-order valence-electron chi connectivity index (χ4n) is 1.79. The topological polar surface area (TPSA) is 53.3 Å². The molecule has 1 heterocycles. The van der Waals surface area contributed by atoms with Crippen molar-refractivity contribution in [1.82, 2.24) is 4.90 Å². The molecule has 0 atom stereocenters. The Kier molecular flexibility index (Phi) is 4.11. The maximum absolute atomic E-state index is 11.9. The second kappa shape index (κ2) is 5.99. The van der Waals surface area contributed by atoms with Crippen LogP contribution in [0.25, 0.3) is 6.08 Å². The lowest BCUT2D eigenvalue weighted by Crippen LogP contribution is -2.39. The van der Waals surface area contributed by atoms with Gasteiger partial charge in [0.1, 0.15) is 0 Å². The third-order valence-electron chi connectivity index (χ3n) is 2.81. The van der Waals surface area contributed by atoms with E-state index < -0.39 is 0 Å². The first kappa shape index (κ1) is 12.3. The third-order valence-corrected chi connectivity index (χ3v) is 2.81. The maximum Gasteiger partial charge on any atom is 0.246 e. The molecular weight excluding hydrogens is 228 g/mol. The van der Waals surface area contributed by atoms with Crippen LogP contribution in [0, 0.1) is 11.3 Å². The van der Waals surface area contributed by atoms with Gasteiger partial charge < -0.3 is 9.64 Å². The first-order valence-corrected chi connectivity index (χ1v) is 5.85. The van der Waals surface area contributed by atoms with E-state index in [0.29, 0.717) is 31.9 Å². The molecular formula is C14H14N2O2. The molecule has 0 bridgehead atoms. The number of hydrogen-bond acceptors (Lipinski definition) is 3. The minimum atomic E-state index is -0.0361. The van der Waals surface area contributed by atoms with Crippen molar-refractivity contribution in [3.63, 3.8) is 0 Å². The summed E-state index contributed by atoms with van der Waals surface area (Å²) in [6, 6.07) is 9.31. The number of benzene rings is 1. The molecule has 0 aromatic heterocycles. The van der Waals surface area contributed by atoms with Gasteiger partial charge in [-0.15, -0.1) is 0 Å². The number of nitrogens with zero attached hydrogens (tertiary/aromatic N) is 2. The summed E-state index contributed by atoms with van der Waals surface area (Å²) < 4.78 is 5.19. The van der Waals surface area contributed by atoms with Crippen LogP contribution in [0.1, 0.15) is 11.1 Å². The molecule has 0 radical (unpaired) electrons. The molecule has 1 aliphatic rings. The van der Waals surface area contributed by atoms with Gasteiger partial charge in [-0.25, -0.2) is 0 Å². The van der Waals surface area contributed by atoms with Crippen LogP contribution < -0.4 is 0 Å². The first-order chi connectivity index (χ1) is 8.81. The lowest BCUT2D eigenvalue weighted by Gasteiger charge is -2.25. The summed E-state index contributed by atoms with van der Waals surface area (Å²) in [5.74, 6) is -0.0361. The van der Waals surface area contributed by atoms with Gasteiger partial charge in [0, 0.05) is 19.2 Å². The van der Waals surface area contributed by atoms with Crippen molar-refractivity contribution < 1.29 is 9.53 Å². The Hall–Kier alpha value is -2.12. The van der Waals surface area contributed by atoms with E-state index in [9.17, 15) is 4.79 Å². The molecule has 1 aliphatic heterocycles. The van der Waals surface area contributed by atoms with Crippen LogP contribution in [0.15, 0.2) is 30.3 Å².